The van der Waals surface area contributed by atoms with Crippen LogP contribution in [0, 0.1) is 11.3 Å². The van der Waals surface area contributed by atoms with Crippen LogP contribution in [0.3, 0.4) is 0 Å². The quantitative estimate of drug-likeness (QED) is 0.819. The summed E-state index contributed by atoms with van der Waals surface area (Å²) in [6.07, 6.45) is 3.19. The van der Waals surface area contributed by atoms with E-state index in [0.29, 0.717) is 10.4 Å². The SMILES string of the molecule is N#Cc1ccncc1.O=C(O)c1cccs1. The van der Waals surface area contributed by atoms with Crippen LogP contribution < -0.4 is 0 Å². The van der Waals surface area contributed by atoms with Gasteiger partial charge in [0, 0.05) is 12.4 Å². The molecule has 0 aliphatic rings. The highest BCUT2D eigenvalue weighted by Crippen LogP contribution is 2.06. The predicted octanol–water partition coefficient (Wildman–Crippen LogP) is 2.40. The first kappa shape index (κ1) is 11.9. The molecule has 0 saturated heterocycles. The normalized spacial score (nSPS) is 8.44. The number of rotatable bonds is 1. The molecule has 0 spiro atoms. The number of carboxylic acid groups (broad SMARTS) is 1. The van der Waals surface area contributed by atoms with Gasteiger partial charge in [-0.1, -0.05) is 6.07 Å². The van der Waals surface area contributed by atoms with Crippen molar-refractivity contribution < 1.29 is 9.90 Å². The molecule has 16 heavy (non-hydrogen) atoms. The third-order valence-electron chi connectivity index (χ3n) is 1.54. The number of thiophene rings is 1. The van der Waals surface area contributed by atoms with Gasteiger partial charge in [-0.05, 0) is 23.6 Å². The van der Waals surface area contributed by atoms with Crippen LogP contribution in [-0.4, -0.2) is 16.1 Å². The summed E-state index contributed by atoms with van der Waals surface area (Å²) in [7, 11) is 0. The van der Waals surface area contributed by atoms with Crippen molar-refractivity contribution in [3.63, 3.8) is 0 Å². The van der Waals surface area contributed by atoms with Crippen LogP contribution in [0.4, 0.5) is 0 Å². The van der Waals surface area contributed by atoms with E-state index in [1.54, 1.807) is 42.0 Å². The van der Waals surface area contributed by atoms with E-state index in [9.17, 15) is 4.79 Å². The number of hydrogen-bond acceptors (Lipinski definition) is 4. The molecule has 0 amide bonds. The van der Waals surface area contributed by atoms with Crippen LogP contribution in [0.1, 0.15) is 15.2 Å². The highest BCUT2D eigenvalue weighted by Gasteiger charge is 1.99. The van der Waals surface area contributed by atoms with Crippen LogP contribution in [0.15, 0.2) is 42.0 Å². The van der Waals surface area contributed by atoms with Crippen LogP contribution in [0.5, 0.6) is 0 Å². The number of carbonyl (C=O) groups is 1. The fraction of sp³-hybridized carbons (Fsp3) is 0. The topological polar surface area (TPSA) is 74.0 Å². The number of pyridine rings is 1. The average molecular weight is 232 g/mol. The lowest BCUT2D eigenvalue weighted by atomic mass is 10.3. The van der Waals surface area contributed by atoms with Crippen LogP contribution in [-0.2, 0) is 0 Å². The molecule has 0 saturated carbocycles. The molecule has 0 atom stereocenters. The molecule has 4 nitrogen and oxygen atoms in total. The van der Waals surface area contributed by atoms with Gasteiger partial charge in [-0.15, -0.1) is 11.3 Å². The molecule has 0 aromatic carbocycles. The monoisotopic (exact) mass is 232 g/mol. The van der Waals surface area contributed by atoms with Crippen molar-refractivity contribution in [2.75, 3.05) is 0 Å². The van der Waals surface area contributed by atoms with E-state index < -0.39 is 5.97 Å². The molecule has 0 aliphatic heterocycles. The third kappa shape index (κ3) is 3.90. The summed E-state index contributed by atoms with van der Waals surface area (Å²) in [4.78, 5) is 14.2. The molecule has 5 heteroatoms. The molecular weight excluding hydrogens is 224 g/mol. The number of nitriles is 1. The minimum absolute atomic E-state index is 0.394. The van der Waals surface area contributed by atoms with Gasteiger partial charge in [0.2, 0.25) is 0 Å². The number of nitrogens with zero attached hydrogens (tertiary/aromatic N) is 2. The Labute approximate surface area is 96.4 Å². The summed E-state index contributed by atoms with van der Waals surface area (Å²) in [5, 5.41) is 18.3. The number of carboxylic acids is 1. The lowest BCUT2D eigenvalue weighted by molar-refractivity contribution is 0.0702. The van der Waals surface area contributed by atoms with Crippen molar-refractivity contribution in [2.24, 2.45) is 0 Å². The fourth-order valence-corrected chi connectivity index (χ4v) is 1.39. The molecular formula is C11H8N2O2S. The second kappa shape index (κ2) is 6.32. The Kier molecular flexibility index (Phi) is 4.70. The summed E-state index contributed by atoms with van der Waals surface area (Å²) in [6.45, 7) is 0. The van der Waals surface area contributed by atoms with E-state index in [2.05, 4.69) is 4.98 Å². The lowest BCUT2D eigenvalue weighted by Gasteiger charge is -1.79. The van der Waals surface area contributed by atoms with Crippen molar-refractivity contribution in [1.29, 1.82) is 5.26 Å². The minimum Gasteiger partial charge on any atom is -0.477 e. The summed E-state index contributed by atoms with van der Waals surface area (Å²) >= 11 is 1.23. The number of aromatic nitrogens is 1. The van der Waals surface area contributed by atoms with Crippen molar-refractivity contribution in [2.45, 2.75) is 0 Å². The molecule has 2 heterocycles. The largest absolute Gasteiger partial charge is 0.477 e. The van der Waals surface area contributed by atoms with Crippen LogP contribution >= 0.6 is 11.3 Å². The Morgan fingerprint density at radius 2 is 2.06 bits per heavy atom. The smallest absolute Gasteiger partial charge is 0.345 e. The first-order chi connectivity index (χ1) is 7.74. The number of hydrogen-bond donors (Lipinski definition) is 1. The molecule has 2 aromatic heterocycles. The Bertz CT molecular complexity index is 474. The van der Waals surface area contributed by atoms with E-state index in [1.807, 2.05) is 6.07 Å². The molecule has 0 fully saturated rings. The Morgan fingerprint density at radius 1 is 1.38 bits per heavy atom. The number of aromatic carboxylic acids is 1. The zero-order valence-corrected chi connectivity index (χ0v) is 9.02. The zero-order valence-electron chi connectivity index (χ0n) is 8.20. The summed E-state index contributed by atoms with van der Waals surface area (Å²) in [5.74, 6) is -0.847. The molecule has 0 radical (unpaired) electrons. The molecule has 80 valence electrons. The Balaban J connectivity index is 0.000000160. The van der Waals surface area contributed by atoms with Gasteiger partial charge < -0.3 is 5.11 Å². The third-order valence-corrected chi connectivity index (χ3v) is 2.40. The van der Waals surface area contributed by atoms with Gasteiger partial charge in [0.15, 0.2) is 0 Å². The summed E-state index contributed by atoms with van der Waals surface area (Å²) in [6, 6.07) is 8.61. The standard InChI is InChI=1S/C6H4N2.C5H4O2S/c7-5-6-1-3-8-4-2-6;6-5(7)4-2-1-3-8-4/h1-4H;1-3H,(H,6,7). The Hall–Kier alpha value is -2.19. The Morgan fingerprint density at radius 3 is 2.38 bits per heavy atom. The minimum atomic E-state index is -0.847. The maximum absolute atomic E-state index is 10.1. The van der Waals surface area contributed by atoms with E-state index >= 15 is 0 Å². The molecule has 2 aromatic rings. The van der Waals surface area contributed by atoms with Crippen LogP contribution in [0.25, 0.3) is 0 Å². The van der Waals surface area contributed by atoms with E-state index in [1.165, 1.54) is 11.3 Å². The zero-order chi connectivity index (χ0) is 11.8. The molecule has 2 rings (SSSR count). The highest BCUT2D eigenvalue weighted by molar-refractivity contribution is 7.11. The summed E-state index contributed by atoms with van der Waals surface area (Å²) in [5.41, 5.74) is 0.653. The lowest BCUT2D eigenvalue weighted by Crippen LogP contribution is -1.89. The van der Waals surface area contributed by atoms with Gasteiger partial charge in [0.25, 0.3) is 0 Å². The molecule has 0 aliphatic carbocycles. The average Bonchev–Trinajstić information content (AvgIpc) is 2.85. The summed E-state index contributed by atoms with van der Waals surface area (Å²) < 4.78 is 0. The van der Waals surface area contributed by atoms with Gasteiger partial charge in [0.05, 0.1) is 11.6 Å². The van der Waals surface area contributed by atoms with Crippen molar-refractivity contribution >= 4 is 17.3 Å². The van der Waals surface area contributed by atoms with Gasteiger partial charge in [-0.25, -0.2) is 4.79 Å². The van der Waals surface area contributed by atoms with Gasteiger partial charge in [-0.3, -0.25) is 4.98 Å². The van der Waals surface area contributed by atoms with E-state index in [0.717, 1.165) is 0 Å². The van der Waals surface area contributed by atoms with Crippen molar-refractivity contribution in [3.8, 4) is 6.07 Å². The fourth-order valence-electron chi connectivity index (χ4n) is 0.827. The second-order valence-corrected chi connectivity index (χ2v) is 3.58. The van der Waals surface area contributed by atoms with E-state index in [-0.39, 0.29) is 0 Å². The van der Waals surface area contributed by atoms with E-state index in [4.69, 9.17) is 10.4 Å². The first-order valence-corrected chi connectivity index (χ1v) is 5.19. The highest BCUT2D eigenvalue weighted by atomic mass is 32.1. The molecule has 1 N–H and O–H groups in total. The van der Waals surface area contributed by atoms with Crippen molar-refractivity contribution in [3.05, 3.63) is 52.5 Å². The predicted molar refractivity (Wildman–Crippen MR) is 60.2 cm³/mol. The van der Waals surface area contributed by atoms with Crippen LogP contribution in [0.2, 0.25) is 0 Å². The van der Waals surface area contributed by atoms with Gasteiger partial charge in [-0.2, -0.15) is 5.26 Å². The molecule has 0 bridgehead atoms. The van der Waals surface area contributed by atoms with Crippen molar-refractivity contribution in [1.82, 2.24) is 4.98 Å². The maximum Gasteiger partial charge on any atom is 0.345 e. The van der Waals surface area contributed by atoms with Gasteiger partial charge in [0.1, 0.15) is 4.88 Å². The molecule has 0 unspecified atom stereocenters. The van der Waals surface area contributed by atoms with Gasteiger partial charge >= 0.3 is 5.97 Å². The maximum atomic E-state index is 10.1. The second-order valence-electron chi connectivity index (χ2n) is 2.63. The first-order valence-electron chi connectivity index (χ1n) is 4.31.